The van der Waals surface area contributed by atoms with Gasteiger partial charge in [0.2, 0.25) is 0 Å². The number of carbonyl (C=O) groups excluding carboxylic acids is 2. The molecule has 0 aliphatic rings. The lowest BCUT2D eigenvalue weighted by Gasteiger charge is -2.11. The lowest BCUT2D eigenvalue weighted by atomic mass is 10.1. The van der Waals surface area contributed by atoms with E-state index in [-0.39, 0.29) is 12.2 Å². The summed E-state index contributed by atoms with van der Waals surface area (Å²) in [7, 11) is 0. The van der Waals surface area contributed by atoms with Gasteiger partial charge in [0.25, 0.3) is 10.5 Å². The zero-order chi connectivity index (χ0) is 26.8. The minimum atomic E-state index is -0.607. The van der Waals surface area contributed by atoms with E-state index in [0.717, 1.165) is 5.56 Å². The van der Waals surface area contributed by atoms with E-state index in [4.69, 9.17) is 69.3 Å². The van der Waals surface area contributed by atoms with Crippen LogP contribution in [0.25, 0.3) is 66.2 Å². The van der Waals surface area contributed by atoms with Crippen LogP contribution in [0.15, 0.2) is 54.6 Å². The topological polar surface area (TPSA) is 121 Å². The Labute approximate surface area is 232 Å². The van der Waals surface area contributed by atoms with Crippen molar-refractivity contribution in [3.05, 3.63) is 71.3 Å². The van der Waals surface area contributed by atoms with Crippen molar-refractivity contribution in [2.24, 2.45) is 0 Å². The molecule has 7 rings (SSSR count). The van der Waals surface area contributed by atoms with Crippen molar-refractivity contribution >= 4 is 112 Å². The second kappa shape index (κ2) is 8.96. The number of rotatable bonds is 4. The van der Waals surface area contributed by atoms with Gasteiger partial charge in [0.15, 0.2) is 0 Å². The molecule has 0 amide bonds. The maximum atomic E-state index is 11.8. The van der Waals surface area contributed by atoms with Gasteiger partial charge in [-0.3, -0.25) is 13.9 Å². The van der Waals surface area contributed by atoms with Crippen LogP contribution in [0.4, 0.5) is 0 Å². The Morgan fingerprint density at radius 3 is 1.28 bits per heavy atom. The highest BCUT2D eigenvalue weighted by Gasteiger charge is 2.20. The Morgan fingerprint density at radius 1 is 0.538 bits per heavy atom. The number of benzene rings is 4. The van der Waals surface area contributed by atoms with E-state index in [0.29, 0.717) is 71.8 Å². The molecule has 0 saturated heterocycles. The highest BCUT2D eigenvalue weighted by Crippen LogP contribution is 2.33. The normalized spacial score (nSPS) is 11.9. The first-order valence-corrected chi connectivity index (χ1v) is 12.5. The zero-order valence-corrected chi connectivity index (χ0v) is 21.7. The lowest BCUT2D eigenvalue weighted by molar-refractivity contribution is 0.107. The number of hydrogen-bond donors (Lipinski definition) is 0. The summed E-state index contributed by atoms with van der Waals surface area (Å²) in [5.41, 5.74) is 7.24. The van der Waals surface area contributed by atoms with Crippen LogP contribution in [0.1, 0.15) is 26.3 Å². The van der Waals surface area contributed by atoms with Crippen molar-refractivity contribution in [1.82, 2.24) is 29.9 Å². The Balaban J connectivity index is 1.67. The third-order valence-corrected chi connectivity index (χ3v) is 6.95. The molecule has 9 nitrogen and oxygen atoms in total. The van der Waals surface area contributed by atoms with Gasteiger partial charge >= 0.3 is 0 Å². The fourth-order valence-corrected chi connectivity index (χ4v) is 4.96. The molecule has 4 aromatic carbocycles. The largest absolute Gasteiger partial charge is 0.276 e. The molecule has 188 valence electrons. The monoisotopic (exact) mass is 572 g/mol. The van der Waals surface area contributed by atoms with Crippen molar-refractivity contribution in [2.75, 3.05) is 0 Å². The van der Waals surface area contributed by atoms with Crippen LogP contribution in [-0.2, 0) is 10.9 Å². The molecule has 0 atom stereocenters. The van der Waals surface area contributed by atoms with Gasteiger partial charge in [-0.1, -0.05) is 6.07 Å². The first-order valence-electron chi connectivity index (χ1n) is 11.5. The molecule has 0 N–H and O–H groups in total. The number of hydrogen-bond acceptors (Lipinski definition) is 9. The van der Waals surface area contributed by atoms with Crippen LogP contribution >= 0.6 is 35.1 Å². The van der Waals surface area contributed by atoms with Crippen molar-refractivity contribution < 1.29 is 13.9 Å². The molecule has 0 saturated carbocycles. The molecule has 0 bridgehead atoms. The van der Waals surface area contributed by atoms with Gasteiger partial charge in [0, 0.05) is 11.1 Å². The number of nitrogens with zero attached hydrogens (tertiary/aromatic N) is 6. The predicted octanol–water partition coefficient (Wildman–Crippen LogP) is 6.40. The van der Waals surface area contributed by atoms with Gasteiger partial charge < -0.3 is 0 Å². The minimum absolute atomic E-state index is 0.194. The van der Waals surface area contributed by atoms with Crippen LogP contribution in [0, 0.1) is 0 Å². The first kappa shape index (κ1) is 23.9. The highest BCUT2D eigenvalue weighted by molar-refractivity contribution is 6.68. The summed E-state index contributed by atoms with van der Waals surface area (Å²) in [5, 5.41) is -1.21. The van der Waals surface area contributed by atoms with E-state index in [1.165, 1.54) is 0 Å². The van der Waals surface area contributed by atoms with Gasteiger partial charge in [0.1, 0.15) is 33.1 Å². The van der Waals surface area contributed by atoms with E-state index in [1.807, 2.05) is 18.2 Å². The summed E-state index contributed by atoms with van der Waals surface area (Å²) in [6.07, 6.45) is 0. The van der Waals surface area contributed by atoms with Gasteiger partial charge in [-0.25, -0.2) is 29.9 Å². The van der Waals surface area contributed by atoms with Crippen LogP contribution in [0.5, 0.6) is 0 Å². The van der Waals surface area contributed by atoms with E-state index in [9.17, 15) is 9.59 Å². The molecule has 12 heteroatoms. The average Bonchev–Trinajstić information content (AvgIpc) is 2.94. The maximum absolute atomic E-state index is 11.8. The van der Waals surface area contributed by atoms with E-state index < -0.39 is 10.5 Å². The Morgan fingerprint density at radius 2 is 0.897 bits per heavy atom. The second-order valence-electron chi connectivity index (χ2n) is 8.79. The second-order valence-corrected chi connectivity index (χ2v) is 9.70. The van der Waals surface area contributed by atoms with Gasteiger partial charge in [-0.05, 0) is 77.3 Å². The summed E-state index contributed by atoms with van der Waals surface area (Å²) >= 11 is 16.9. The van der Waals surface area contributed by atoms with Crippen LogP contribution in [0.3, 0.4) is 0 Å². The number of halogens is 3. The molecule has 0 unspecified atom stereocenters. The van der Waals surface area contributed by atoms with Crippen molar-refractivity contribution in [2.45, 2.75) is 6.61 Å². The molecule has 3 aromatic heterocycles. The smallest absolute Gasteiger partial charge is 0.252 e. The molecular formula is C27H11Cl3N6O3. The molecule has 7 aromatic rings. The molecular weight excluding hydrogens is 563 g/mol. The quantitative estimate of drug-likeness (QED) is 0.134. The van der Waals surface area contributed by atoms with Crippen LogP contribution in [0.2, 0.25) is 0 Å². The zero-order valence-electron chi connectivity index (χ0n) is 19.4. The molecule has 0 fully saturated rings. The fraction of sp³-hybridized carbons (Fsp3) is 0.0370. The summed E-state index contributed by atoms with van der Waals surface area (Å²) < 4.78 is 4.75. The molecule has 0 aliphatic heterocycles. The Hall–Kier alpha value is -4.15. The molecule has 39 heavy (non-hydrogen) atoms. The average molecular weight is 574 g/mol. The number of fused-ring (bicyclic) bond motifs is 9. The van der Waals surface area contributed by atoms with Crippen molar-refractivity contribution in [3.8, 4) is 0 Å². The van der Waals surface area contributed by atoms with Gasteiger partial charge in [-0.2, -0.15) is 0 Å². The van der Waals surface area contributed by atoms with Gasteiger partial charge in [-0.15, -0.1) is 0 Å². The number of carbonyl (C=O) groups is 2. The summed E-state index contributed by atoms with van der Waals surface area (Å²) in [4.78, 5) is 52.7. The maximum Gasteiger partial charge on any atom is 0.252 e. The molecule has 0 radical (unpaired) electrons. The fourth-order valence-electron chi connectivity index (χ4n) is 4.60. The molecule has 0 aliphatic carbocycles. The van der Waals surface area contributed by atoms with E-state index >= 15 is 0 Å². The third kappa shape index (κ3) is 3.90. The molecule has 0 spiro atoms. The van der Waals surface area contributed by atoms with Crippen LogP contribution < -0.4 is 0 Å². The first-order chi connectivity index (χ1) is 18.9. The highest BCUT2D eigenvalue weighted by atomic mass is 35.5. The van der Waals surface area contributed by atoms with E-state index in [2.05, 4.69) is 0 Å². The standard InChI is InChI=1S/C27H11Cl3N6O3/c28-26(37)12-2-5-15-18(8-12)35-23-20(32-15)21-24(34-17-7-11(10-39-30)1-4-14(17)31-21)25-22(23)33-16-6-3-13(27(29)38)9-19(16)36-25/h1-9H,10H2. The van der Waals surface area contributed by atoms with Crippen LogP contribution in [-0.4, -0.2) is 40.4 Å². The predicted molar refractivity (Wildman–Crippen MR) is 149 cm³/mol. The minimum Gasteiger partial charge on any atom is -0.276 e. The van der Waals surface area contributed by atoms with Crippen molar-refractivity contribution in [1.29, 1.82) is 0 Å². The Bertz CT molecular complexity index is 2220. The summed E-state index contributed by atoms with van der Waals surface area (Å²) in [5.74, 6) is 0. The third-order valence-electron chi connectivity index (χ3n) is 6.41. The Kier molecular flexibility index (Phi) is 5.50. The summed E-state index contributed by atoms with van der Waals surface area (Å²) in [6, 6.07) is 15.1. The van der Waals surface area contributed by atoms with E-state index in [1.54, 1.807) is 36.4 Å². The SMILES string of the molecule is O=C(Cl)c1ccc2nc3c4nc5ccc(COCl)cc5nc4c4nc5cc(C(=O)Cl)ccc5nc4c3nc2c1. The van der Waals surface area contributed by atoms with Crippen molar-refractivity contribution in [3.63, 3.8) is 0 Å². The van der Waals surface area contributed by atoms with Gasteiger partial charge in [0.05, 0.1) is 51.6 Å². The number of aromatic nitrogens is 6. The lowest BCUT2D eigenvalue weighted by Crippen LogP contribution is -2.00. The summed E-state index contributed by atoms with van der Waals surface area (Å²) in [6.45, 7) is 0.194. The molecule has 3 heterocycles.